The molecule has 1 unspecified atom stereocenters. The van der Waals surface area contributed by atoms with E-state index in [0.717, 1.165) is 32.1 Å². The van der Waals surface area contributed by atoms with Crippen LogP contribution in [-0.4, -0.2) is 37.9 Å². The van der Waals surface area contributed by atoms with Crippen molar-refractivity contribution in [1.29, 1.82) is 0 Å². The van der Waals surface area contributed by atoms with Gasteiger partial charge in [-0.2, -0.15) is 0 Å². The van der Waals surface area contributed by atoms with Crippen LogP contribution in [0.3, 0.4) is 0 Å². The minimum atomic E-state index is -0.521. The molecule has 1 atom stereocenters. The summed E-state index contributed by atoms with van der Waals surface area (Å²) in [7, 11) is 0. The van der Waals surface area contributed by atoms with Gasteiger partial charge in [0.05, 0.1) is 6.61 Å². The van der Waals surface area contributed by atoms with Gasteiger partial charge in [0.15, 0.2) is 6.10 Å². The van der Waals surface area contributed by atoms with Crippen molar-refractivity contribution in [1.82, 2.24) is 0 Å². The fourth-order valence-electron chi connectivity index (χ4n) is 7.81. The van der Waals surface area contributed by atoms with Gasteiger partial charge in [-0.15, -0.1) is 0 Å². The Morgan fingerprint density at radius 2 is 0.589 bits per heavy atom. The molecule has 5 nitrogen and oxygen atoms in total. The van der Waals surface area contributed by atoms with E-state index in [0.29, 0.717) is 26.1 Å². The zero-order chi connectivity index (χ0) is 40.7. The van der Waals surface area contributed by atoms with E-state index in [1.54, 1.807) is 0 Å². The number of ether oxygens (including phenoxy) is 3. The average molecular weight is 793 g/mol. The zero-order valence-electron chi connectivity index (χ0n) is 38.4. The molecule has 0 bridgehead atoms. The molecule has 0 amide bonds. The van der Waals surface area contributed by atoms with Crippen LogP contribution in [-0.2, 0) is 23.8 Å². The van der Waals surface area contributed by atoms with Crippen molar-refractivity contribution in [2.75, 3.05) is 19.8 Å². The van der Waals surface area contributed by atoms with Gasteiger partial charge in [0.25, 0.3) is 0 Å². The number of carbonyl (C=O) groups excluding carboxylic acids is 2. The van der Waals surface area contributed by atoms with Crippen molar-refractivity contribution in [3.05, 3.63) is 0 Å². The summed E-state index contributed by atoms with van der Waals surface area (Å²) in [6.45, 7) is 7.88. The Balaban J connectivity index is 4.05. The van der Waals surface area contributed by atoms with Crippen LogP contribution in [0.1, 0.15) is 290 Å². The van der Waals surface area contributed by atoms with Gasteiger partial charge in [0, 0.05) is 19.4 Å². The van der Waals surface area contributed by atoms with Crippen molar-refractivity contribution in [2.24, 2.45) is 0 Å². The molecule has 0 rings (SSSR count). The largest absolute Gasteiger partial charge is 0.462 e. The lowest BCUT2D eigenvalue weighted by Gasteiger charge is -2.18. The van der Waals surface area contributed by atoms with Crippen LogP contribution in [0.2, 0.25) is 0 Å². The highest BCUT2D eigenvalue weighted by atomic mass is 16.6. The molecule has 56 heavy (non-hydrogen) atoms. The fourth-order valence-corrected chi connectivity index (χ4v) is 7.81. The van der Waals surface area contributed by atoms with Gasteiger partial charge in [-0.1, -0.05) is 258 Å². The predicted molar refractivity (Wildman–Crippen MR) is 243 cm³/mol. The number of hydrogen-bond donors (Lipinski definition) is 0. The molecule has 0 fully saturated rings. The highest BCUT2D eigenvalue weighted by Crippen LogP contribution is 2.17. The smallest absolute Gasteiger partial charge is 0.306 e. The van der Waals surface area contributed by atoms with E-state index in [-0.39, 0.29) is 18.5 Å². The Labute approximate surface area is 351 Å². The fraction of sp³-hybridized carbons (Fsp3) is 0.961. The average Bonchev–Trinajstić information content (AvgIpc) is 3.20. The van der Waals surface area contributed by atoms with Crippen molar-refractivity contribution >= 4 is 11.9 Å². The molecule has 0 aliphatic rings. The van der Waals surface area contributed by atoms with E-state index in [1.807, 2.05) is 0 Å². The number of carbonyl (C=O) groups is 2. The Kier molecular flexibility index (Phi) is 47.3. The van der Waals surface area contributed by atoms with E-state index in [4.69, 9.17) is 14.2 Å². The van der Waals surface area contributed by atoms with Crippen LogP contribution in [0, 0.1) is 0 Å². The summed E-state index contributed by atoms with van der Waals surface area (Å²) in [5.74, 6) is -0.374. The first-order valence-electron chi connectivity index (χ1n) is 25.6. The van der Waals surface area contributed by atoms with Crippen molar-refractivity contribution < 1.29 is 23.8 Å². The summed E-state index contributed by atoms with van der Waals surface area (Å²) in [5, 5.41) is 0. The number of esters is 2. The summed E-state index contributed by atoms with van der Waals surface area (Å²) in [4.78, 5) is 25.3. The topological polar surface area (TPSA) is 61.8 Å². The lowest BCUT2D eigenvalue weighted by molar-refractivity contribution is -0.163. The second-order valence-electron chi connectivity index (χ2n) is 17.5. The van der Waals surface area contributed by atoms with E-state index >= 15 is 0 Å². The SMILES string of the molecule is CCCCCCCCCCCCCCCCCCCCCC(=O)OCC(COCCCCCCCCCC)OC(=O)CCCCCCCCCCCCCCC. The molecule has 0 aromatic rings. The maximum atomic E-state index is 12.7. The monoisotopic (exact) mass is 793 g/mol. The third kappa shape index (κ3) is 45.6. The highest BCUT2D eigenvalue weighted by molar-refractivity contribution is 5.70. The van der Waals surface area contributed by atoms with E-state index < -0.39 is 6.10 Å². The van der Waals surface area contributed by atoms with Gasteiger partial charge >= 0.3 is 11.9 Å². The maximum absolute atomic E-state index is 12.7. The molecule has 0 heterocycles. The molecule has 0 spiro atoms. The van der Waals surface area contributed by atoms with Gasteiger partial charge < -0.3 is 14.2 Å². The Morgan fingerprint density at radius 3 is 0.911 bits per heavy atom. The second kappa shape index (κ2) is 48.3. The minimum Gasteiger partial charge on any atom is -0.462 e. The molecule has 5 heteroatoms. The van der Waals surface area contributed by atoms with Crippen LogP contribution >= 0.6 is 0 Å². The molecule has 0 aromatic carbocycles. The summed E-state index contributed by atoms with van der Waals surface area (Å²) in [5.41, 5.74) is 0. The summed E-state index contributed by atoms with van der Waals surface area (Å²) in [6, 6.07) is 0. The van der Waals surface area contributed by atoms with E-state index in [9.17, 15) is 9.59 Å². The van der Waals surface area contributed by atoms with Gasteiger partial charge in [0.1, 0.15) is 6.61 Å². The molecular formula is C51H100O5. The third-order valence-corrected chi connectivity index (χ3v) is 11.6. The van der Waals surface area contributed by atoms with Crippen LogP contribution < -0.4 is 0 Å². The number of hydrogen-bond acceptors (Lipinski definition) is 5. The summed E-state index contributed by atoms with van der Waals surface area (Å²) < 4.78 is 17.3. The van der Waals surface area contributed by atoms with Gasteiger partial charge in [-0.05, 0) is 19.3 Å². The predicted octanol–water partition coefficient (Wildman–Crippen LogP) is 16.9. The summed E-state index contributed by atoms with van der Waals surface area (Å²) in [6.07, 6.45) is 52.5. The van der Waals surface area contributed by atoms with E-state index in [1.165, 1.54) is 225 Å². The van der Waals surface area contributed by atoms with Crippen molar-refractivity contribution in [2.45, 2.75) is 297 Å². The molecular weight excluding hydrogens is 693 g/mol. The standard InChI is InChI=1S/C51H100O5/c1-4-7-10-13-16-19-21-23-24-25-26-27-28-30-31-33-35-38-41-44-50(52)55-48-49(47-54-46-43-40-37-18-15-12-9-6-3)56-51(53)45-42-39-36-34-32-29-22-20-17-14-11-8-5-2/h49H,4-48H2,1-3H3. The molecule has 0 N–H and O–H groups in total. The third-order valence-electron chi connectivity index (χ3n) is 11.6. The van der Waals surface area contributed by atoms with Crippen LogP contribution in [0.25, 0.3) is 0 Å². The molecule has 334 valence electrons. The number of unbranched alkanes of at least 4 members (excludes halogenated alkanes) is 37. The van der Waals surface area contributed by atoms with Gasteiger partial charge in [0.2, 0.25) is 0 Å². The lowest BCUT2D eigenvalue weighted by atomic mass is 10.0. The Bertz CT molecular complexity index is 769. The molecule has 0 radical (unpaired) electrons. The Hall–Kier alpha value is -1.10. The van der Waals surface area contributed by atoms with Gasteiger partial charge in [-0.3, -0.25) is 9.59 Å². The highest BCUT2D eigenvalue weighted by Gasteiger charge is 2.17. The van der Waals surface area contributed by atoms with Crippen molar-refractivity contribution in [3.8, 4) is 0 Å². The first-order valence-corrected chi connectivity index (χ1v) is 25.6. The summed E-state index contributed by atoms with van der Waals surface area (Å²) >= 11 is 0. The van der Waals surface area contributed by atoms with Crippen molar-refractivity contribution in [3.63, 3.8) is 0 Å². The first kappa shape index (κ1) is 54.9. The molecule has 0 aliphatic carbocycles. The first-order chi connectivity index (χ1) is 27.6. The molecule has 0 saturated heterocycles. The molecule has 0 saturated carbocycles. The minimum absolute atomic E-state index is 0.0970. The quantitative estimate of drug-likeness (QED) is 0.0454. The Morgan fingerprint density at radius 1 is 0.321 bits per heavy atom. The zero-order valence-corrected chi connectivity index (χ0v) is 38.4. The molecule has 0 aromatic heterocycles. The normalized spacial score (nSPS) is 12.0. The van der Waals surface area contributed by atoms with Crippen LogP contribution in [0.4, 0.5) is 0 Å². The van der Waals surface area contributed by atoms with Crippen LogP contribution in [0.15, 0.2) is 0 Å². The maximum Gasteiger partial charge on any atom is 0.306 e. The number of rotatable bonds is 48. The molecule has 0 aliphatic heterocycles. The second-order valence-corrected chi connectivity index (χ2v) is 17.5. The van der Waals surface area contributed by atoms with Gasteiger partial charge in [-0.25, -0.2) is 0 Å². The van der Waals surface area contributed by atoms with E-state index in [2.05, 4.69) is 20.8 Å². The lowest BCUT2D eigenvalue weighted by Crippen LogP contribution is -2.30. The van der Waals surface area contributed by atoms with Crippen LogP contribution in [0.5, 0.6) is 0 Å².